The SMILES string of the molecule is COc1cc2c(cc1-c1nnn(C)n1)-c1c(CC(C)C)cc(C(=O)N3C[C@@H](O)CC3(C)C#N)n1CC2.[Lr]. The first-order chi connectivity index (χ1) is 17.1. The molecule has 1 radical (unpaired) electrons. The van der Waals surface area contributed by atoms with Gasteiger partial charge in [0.05, 0.1) is 37.6 Å². The van der Waals surface area contributed by atoms with E-state index in [1.54, 1.807) is 21.1 Å². The topological polar surface area (TPSA) is 122 Å². The molecule has 1 unspecified atom stereocenters. The maximum Gasteiger partial charge on any atom is 0.271 e. The van der Waals surface area contributed by atoms with Crippen molar-refractivity contribution in [2.75, 3.05) is 13.7 Å². The van der Waals surface area contributed by atoms with Gasteiger partial charge in [-0.1, -0.05) is 13.8 Å². The molecule has 0 spiro atoms. The Morgan fingerprint density at radius 3 is 2.70 bits per heavy atom. The number of hydrogen-bond acceptors (Lipinski definition) is 7. The smallest absolute Gasteiger partial charge is 0.271 e. The molecule has 10 nitrogen and oxygen atoms in total. The average Bonchev–Trinajstić information content (AvgIpc) is 3.52. The minimum absolute atomic E-state index is 0. The molecular formula is C26H31LrN7O3. The summed E-state index contributed by atoms with van der Waals surface area (Å²) in [7, 11) is 3.35. The second-order valence-corrected chi connectivity index (χ2v) is 10.4. The molecule has 1 aromatic carbocycles. The van der Waals surface area contributed by atoms with Crippen LogP contribution in [0.15, 0.2) is 18.2 Å². The summed E-state index contributed by atoms with van der Waals surface area (Å²) in [4.78, 5) is 16.8. The second kappa shape index (κ2) is 9.06. The molecule has 4 heterocycles. The summed E-state index contributed by atoms with van der Waals surface area (Å²) in [5.41, 5.74) is 4.48. The number of fused-ring (bicyclic) bond motifs is 3. The molecule has 2 aliphatic heterocycles. The van der Waals surface area contributed by atoms with Crippen molar-refractivity contribution >= 4 is 5.91 Å². The second-order valence-electron chi connectivity index (χ2n) is 10.4. The summed E-state index contributed by atoms with van der Waals surface area (Å²) in [5.74, 6) is 1.31. The van der Waals surface area contributed by atoms with E-state index >= 15 is 0 Å². The number of methoxy groups -OCH3 is 1. The van der Waals surface area contributed by atoms with E-state index in [4.69, 9.17) is 4.74 Å². The van der Waals surface area contributed by atoms with Crippen LogP contribution in [0, 0.1) is 17.2 Å². The molecule has 2 aromatic heterocycles. The van der Waals surface area contributed by atoms with Crippen molar-refractivity contribution in [2.45, 2.75) is 58.2 Å². The van der Waals surface area contributed by atoms with E-state index in [0.29, 0.717) is 29.7 Å². The van der Waals surface area contributed by atoms with Crippen LogP contribution >= 0.6 is 0 Å². The number of carbonyl (C=O) groups excluding carboxylic acids is 1. The van der Waals surface area contributed by atoms with E-state index in [9.17, 15) is 15.2 Å². The number of aliphatic hydroxyl groups excluding tert-OH is 1. The maximum absolute atomic E-state index is 13.8. The predicted octanol–water partition coefficient (Wildman–Crippen LogP) is 2.60. The van der Waals surface area contributed by atoms with Crippen LogP contribution < -0.4 is 4.74 Å². The number of amides is 1. The Balaban J connectivity index is 0.00000320. The first kappa shape index (κ1) is 25.4. The fourth-order valence-corrected chi connectivity index (χ4v) is 5.54. The summed E-state index contributed by atoms with van der Waals surface area (Å²) >= 11 is 0. The van der Waals surface area contributed by atoms with Crippen molar-refractivity contribution in [1.29, 1.82) is 5.26 Å². The number of tetrazole rings is 1. The van der Waals surface area contributed by atoms with Gasteiger partial charge in [0, 0.05) is 25.1 Å². The van der Waals surface area contributed by atoms with Crippen LogP contribution in [0.1, 0.15) is 48.8 Å². The minimum atomic E-state index is -1.04. The van der Waals surface area contributed by atoms with Gasteiger partial charge in [0.1, 0.15) is 17.0 Å². The number of hydrogen-bond donors (Lipinski definition) is 1. The molecule has 0 saturated carbocycles. The van der Waals surface area contributed by atoms with Crippen molar-refractivity contribution < 1.29 is 14.6 Å². The number of ether oxygens (including phenoxy) is 1. The van der Waals surface area contributed by atoms with Crippen molar-refractivity contribution in [2.24, 2.45) is 13.0 Å². The Bertz CT molecular complexity index is 1390. The maximum atomic E-state index is 13.8. The minimum Gasteiger partial charge on any atom is -0.496 e. The largest absolute Gasteiger partial charge is 0.496 e. The van der Waals surface area contributed by atoms with Crippen molar-refractivity contribution in [3.05, 3.63) is 35.0 Å². The number of rotatable bonds is 5. The summed E-state index contributed by atoms with van der Waals surface area (Å²) in [5, 5.41) is 32.6. The Labute approximate surface area is 210 Å². The van der Waals surface area contributed by atoms with Gasteiger partial charge < -0.3 is 19.3 Å². The molecule has 37 heavy (non-hydrogen) atoms. The monoisotopic (exact) mass is 751 g/mol. The molecule has 1 amide bonds. The number of aliphatic hydroxyl groups is 1. The van der Waals surface area contributed by atoms with E-state index in [1.165, 1.54) is 9.70 Å². The van der Waals surface area contributed by atoms with Crippen LogP contribution in [-0.4, -0.2) is 66.0 Å². The Kier molecular flexibility index (Phi) is 6.22. The standard InChI is InChI=1S/C26H31N7O3.Lr/c1-15(2)8-17-9-21(25(35)33-13-18(34)12-26(33,3)14-27)32-7-6-16-10-22(36-5)20(11-19(16)23(17)32)24-28-30-31(4)29-24;/h9-11,15,18,34H,6-8,12-13H2,1-5H3;/t18-,26?;/m0./s1. The molecule has 203 valence electrons. The predicted molar refractivity (Wildman–Crippen MR) is 132 cm³/mol. The quantitative estimate of drug-likeness (QED) is 0.426. The van der Waals surface area contributed by atoms with Crippen LogP contribution in [0.25, 0.3) is 22.6 Å². The molecule has 1 fully saturated rings. The van der Waals surface area contributed by atoms with E-state index in [-0.39, 0.29) is 18.9 Å². The molecular weight excluding hydrogens is 720 g/mol. The van der Waals surface area contributed by atoms with Gasteiger partial charge in [-0.05, 0) is 60.2 Å². The fourth-order valence-electron chi connectivity index (χ4n) is 5.54. The van der Waals surface area contributed by atoms with E-state index in [1.807, 2.05) is 18.2 Å². The van der Waals surface area contributed by atoms with Gasteiger partial charge in [-0.2, -0.15) is 10.1 Å². The van der Waals surface area contributed by atoms with Crippen LogP contribution in [-0.2, 0) is 26.4 Å². The zero-order valence-corrected chi connectivity index (χ0v) is 23.7. The summed E-state index contributed by atoms with van der Waals surface area (Å²) in [6.45, 7) is 6.81. The van der Waals surface area contributed by atoms with Gasteiger partial charge in [-0.3, -0.25) is 4.79 Å². The summed E-state index contributed by atoms with van der Waals surface area (Å²) in [6, 6.07) is 8.28. The molecule has 1 saturated heterocycles. The molecule has 5 rings (SSSR count). The van der Waals surface area contributed by atoms with Gasteiger partial charge in [0.25, 0.3) is 5.91 Å². The van der Waals surface area contributed by atoms with Crippen molar-refractivity contribution in [3.63, 3.8) is 0 Å². The van der Waals surface area contributed by atoms with Crippen LogP contribution in [0.5, 0.6) is 5.75 Å². The Hall–Kier alpha value is -4.71. The normalized spacial score (nSPS) is 20.3. The van der Waals surface area contributed by atoms with Crippen LogP contribution in [0.2, 0.25) is 0 Å². The first-order valence-electron chi connectivity index (χ1n) is 12.2. The zero-order chi connectivity index (χ0) is 25.8. The number of nitriles is 1. The van der Waals surface area contributed by atoms with Gasteiger partial charge in [0.15, 0.2) is 0 Å². The van der Waals surface area contributed by atoms with Gasteiger partial charge in [-0.25, -0.2) is 0 Å². The summed E-state index contributed by atoms with van der Waals surface area (Å²) in [6.07, 6.45) is 1.06. The van der Waals surface area contributed by atoms with E-state index < -0.39 is 11.6 Å². The molecule has 1 N–H and O–H groups in total. The molecule has 2 atom stereocenters. The van der Waals surface area contributed by atoms with Crippen molar-refractivity contribution in [1.82, 2.24) is 29.7 Å². The van der Waals surface area contributed by atoms with Gasteiger partial charge in [-0.15, -0.1) is 10.2 Å². The van der Waals surface area contributed by atoms with Crippen LogP contribution in [0.4, 0.5) is 0 Å². The van der Waals surface area contributed by atoms with Crippen LogP contribution in [0.3, 0.4) is 0 Å². The number of carbonyl (C=O) groups is 1. The number of aryl methyl sites for hydroxylation is 2. The summed E-state index contributed by atoms with van der Waals surface area (Å²) < 4.78 is 7.75. The Morgan fingerprint density at radius 2 is 2.08 bits per heavy atom. The molecule has 0 bridgehead atoms. The van der Waals surface area contributed by atoms with Gasteiger partial charge in [0.2, 0.25) is 5.82 Å². The zero-order valence-electron chi connectivity index (χ0n) is 21.6. The number of aromatic nitrogens is 5. The third-order valence-corrected chi connectivity index (χ3v) is 7.17. The Morgan fingerprint density at radius 1 is 1.32 bits per heavy atom. The molecule has 11 heteroatoms. The molecule has 2 aliphatic rings. The van der Waals surface area contributed by atoms with E-state index in [2.05, 4.69) is 39.9 Å². The number of likely N-dealkylation sites (tertiary alicyclic amines) is 1. The van der Waals surface area contributed by atoms with Crippen molar-refractivity contribution in [3.8, 4) is 34.5 Å². The molecule has 3 aromatic rings. The van der Waals surface area contributed by atoms with E-state index in [0.717, 1.165) is 40.8 Å². The number of nitrogens with zero attached hydrogens (tertiary/aromatic N) is 7. The third-order valence-electron chi connectivity index (χ3n) is 7.17. The first-order valence-corrected chi connectivity index (χ1v) is 12.2. The van der Waals surface area contributed by atoms with Gasteiger partial charge >= 0.3 is 0 Å². The average molecular weight is 752 g/mol. The molecule has 0 aliphatic carbocycles. The third kappa shape index (κ3) is 4.06. The fraction of sp³-hybridized carbons (Fsp3) is 0.500. The number of benzene rings is 1. The number of β-amino-alcohol motifs (C(OH)–C–C–N with tert-alkyl or cyclic N) is 1.